The lowest BCUT2D eigenvalue weighted by Gasteiger charge is -2.31. The fraction of sp³-hybridized carbons (Fsp3) is 0.500. The zero-order valence-corrected chi connectivity index (χ0v) is 15.6. The fourth-order valence-corrected chi connectivity index (χ4v) is 4.99. The lowest BCUT2D eigenvalue weighted by atomic mass is 9.92. The molecule has 4 nitrogen and oxygen atoms in total. The van der Waals surface area contributed by atoms with Gasteiger partial charge >= 0.3 is 5.97 Å². The Morgan fingerprint density at radius 1 is 1.25 bits per heavy atom. The van der Waals surface area contributed by atoms with Gasteiger partial charge in [0.05, 0.1) is 9.75 Å². The van der Waals surface area contributed by atoms with E-state index in [0.29, 0.717) is 15.8 Å². The van der Waals surface area contributed by atoms with Gasteiger partial charge < -0.3 is 15.2 Å². The van der Waals surface area contributed by atoms with Crippen molar-refractivity contribution in [3.8, 4) is 0 Å². The molecular weight excluding hydrogens is 342 g/mol. The van der Waals surface area contributed by atoms with E-state index in [1.165, 1.54) is 22.7 Å². The Labute approximate surface area is 150 Å². The summed E-state index contributed by atoms with van der Waals surface area (Å²) >= 11 is 2.81. The molecule has 1 aliphatic rings. The van der Waals surface area contributed by atoms with E-state index in [2.05, 4.69) is 5.32 Å². The van der Waals surface area contributed by atoms with Crippen LogP contribution in [0.2, 0.25) is 0 Å². The number of thiophene rings is 2. The standard InChI is InChI=1S/C18H23NO3S2/c1-12-5-10-16(24-12)18(21,15-4-3-11-23-15)17(20)22-14-8-6-13(19-2)7-9-14/h3-5,10-11,13-14,19,21H,6-9H2,1-2H3/t13?,14?,18-/m0/s1. The smallest absolute Gasteiger partial charge is 0.349 e. The van der Waals surface area contributed by atoms with E-state index in [1.54, 1.807) is 6.07 Å². The highest BCUT2D eigenvalue weighted by molar-refractivity contribution is 7.13. The Morgan fingerprint density at radius 2 is 2.00 bits per heavy atom. The van der Waals surface area contributed by atoms with E-state index in [4.69, 9.17) is 4.74 Å². The molecule has 2 aromatic heterocycles. The third-order valence-corrected chi connectivity index (χ3v) is 6.71. The van der Waals surface area contributed by atoms with Crippen LogP contribution in [0, 0.1) is 6.92 Å². The average Bonchev–Trinajstić information content (AvgIpc) is 3.26. The van der Waals surface area contributed by atoms with E-state index < -0.39 is 11.6 Å². The van der Waals surface area contributed by atoms with Crippen LogP contribution in [-0.4, -0.2) is 30.3 Å². The Kier molecular flexibility index (Phi) is 5.39. The van der Waals surface area contributed by atoms with Crippen molar-refractivity contribution in [2.75, 3.05) is 7.05 Å². The van der Waals surface area contributed by atoms with Crippen LogP contribution in [0.3, 0.4) is 0 Å². The number of aliphatic hydroxyl groups is 1. The van der Waals surface area contributed by atoms with E-state index in [1.807, 2.05) is 37.6 Å². The summed E-state index contributed by atoms with van der Waals surface area (Å²) < 4.78 is 5.73. The first-order valence-corrected chi connectivity index (χ1v) is 9.95. The third kappa shape index (κ3) is 3.42. The van der Waals surface area contributed by atoms with Gasteiger partial charge in [0.15, 0.2) is 0 Å². The summed E-state index contributed by atoms with van der Waals surface area (Å²) in [5.74, 6) is -0.556. The van der Waals surface area contributed by atoms with Crippen LogP contribution in [0.4, 0.5) is 0 Å². The summed E-state index contributed by atoms with van der Waals surface area (Å²) in [6, 6.07) is 7.87. The molecule has 0 unspecified atom stereocenters. The molecule has 0 saturated heterocycles. The van der Waals surface area contributed by atoms with Crippen LogP contribution in [0.25, 0.3) is 0 Å². The maximum atomic E-state index is 12.9. The second-order valence-electron chi connectivity index (χ2n) is 6.27. The van der Waals surface area contributed by atoms with Gasteiger partial charge in [0.25, 0.3) is 0 Å². The van der Waals surface area contributed by atoms with Gasteiger partial charge in [-0.3, -0.25) is 0 Å². The molecule has 2 heterocycles. The first-order valence-electron chi connectivity index (χ1n) is 8.25. The van der Waals surface area contributed by atoms with Gasteiger partial charge in [0, 0.05) is 10.9 Å². The lowest BCUT2D eigenvalue weighted by molar-refractivity contribution is -0.169. The second-order valence-corrected chi connectivity index (χ2v) is 8.50. The SMILES string of the molecule is CNC1CCC(OC(=O)[C@](O)(c2cccs2)c2ccc(C)s2)CC1. The highest BCUT2D eigenvalue weighted by atomic mass is 32.1. The van der Waals surface area contributed by atoms with Gasteiger partial charge in [-0.25, -0.2) is 4.79 Å². The summed E-state index contributed by atoms with van der Waals surface area (Å²) in [6.45, 7) is 1.97. The van der Waals surface area contributed by atoms with Crippen molar-refractivity contribution >= 4 is 28.6 Å². The number of nitrogens with one attached hydrogen (secondary N) is 1. The average molecular weight is 366 g/mol. The monoisotopic (exact) mass is 365 g/mol. The highest BCUT2D eigenvalue weighted by Gasteiger charge is 2.45. The molecule has 2 N–H and O–H groups in total. The number of ether oxygens (including phenoxy) is 1. The normalized spacial score (nSPS) is 23.6. The highest BCUT2D eigenvalue weighted by Crippen LogP contribution is 2.38. The molecule has 1 fully saturated rings. The number of esters is 1. The molecule has 2 aromatic rings. The van der Waals surface area contributed by atoms with Crippen LogP contribution >= 0.6 is 22.7 Å². The zero-order chi connectivity index (χ0) is 17.2. The largest absolute Gasteiger partial charge is 0.460 e. The van der Waals surface area contributed by atoms with Crippen LogP contribution < -0.4 is 5.32 Å². The molecule has 1 atom stereocenters. The molecule has 0 aromatic carbocycles. The molecule has 0 radical (unpaired) electrons. The van der Waals surface area contributed by atoms with E-state index >= 15 is 0 Å². The lowest BCUT2D eigenvalue weighted by Crippen LogP contribution is -2.41. The van der Waals surface area contributed by atoms with Gasteiger partial charge in [-0.1, -0.05) is 6.07 Å². The number of hydrogen-bond donors (Lipinski definition) is 2. The summed E-state index contributed by atoms with van der Waals surface area (Å²) in [5.41, 5.74) is -1.70. The number of rotatable bonds is 5. The van der Waals surface area contributed by atoms with Crippen molar-refractivity contribution in [2.45, 2.75) is 50.4 Å². The minimum atomic E-state index is -1.70. The predicted molar refractivity (Wildman–Crippen MR) is 97.6 cm³/mol. The molecule has 6 heteroatoms. The van der Waals surface area contributed by atoms with E-state index in [0.717, 1.165) is 30.6 Å². The van der Waals surface area contributed by atoms with Crippen molar-refractivity contribution in [1.29, 1.82) is 0 Å². The Balaban J connectivity index is 1.80. The zero-order valence-electron chi connectivity index (χ0n) is 14.0. The molecular formula is C18H23NO3S2. The topological polar surface area (TPSA) is 58.6 Å². The Morgan fingerprint density at radius 3 is 2.54 bits per heavy atom. The van der Waals surface area contributed by atoms with Gasteiger partial charge in [0.1, 0.15) is 6.10 Å². The van der Waals surface area contributed by atoms with Crippen LogP contribution in [-0.2, 0) is 15.1 Å². The van der Waals surface area contributed by atoms with Crippen molar-refractivity contribution in [3.63, 3.8) is 0 Å². The second kappa shape index (κ2) is 7.35. The quantitative estimate of drug-likeness (QED) is 0.797. The number of carbonyl (C=O) groups is 1. The van der Waals surface area contributed by atoms with E-state index in [-0.39, 0.29) is 6.10 Å². The van der Waals surface area contributed by atoms with Crippen molar-refractivity contribution in [3.05, 3.63) is 44.3 Å². The summed E-state index contributed by atoms with van der Waals surface area (Å²) in [7, 11) is 1.96. The predicted octanol–water partition coefficient (Wildman–Crippen LogP) is 3.43. The summed E-state index contributed by atoms with van der Waals surface area (Å²) in [4.78, 5) is 15.2. The van der Waals surface area contributed by atoms with Crippen LogP contribution in [0.1, 0.15) is 40.3 Å². The maximum absolute atomic E-state index is 12.9. The molecule has 1 aliphatic carbocycles. The summed E-state index contributed by atoms with van der Waals surface area (Å²) in [6.07, 6.45) is 3.53. The first kappa shape index (κ1) is 17.6. The van der Waals surface area contributed by atoms with Crippen molar-refractivity contribution in [2.24, 2.45) is 0 Å². The minimum absolute atomic E-state index is 0.116. The molecule has 0 spiro atoms. The fourth-order valence-electron chi connectivity index (χ4n) is 3.14. The summed E-state index contributed by atoms with van der Waals surface area (Å²) in [5, 5.41) is 16.4. The van der Waals surface area contributed by atoms with Crippen molar-refractivity contribution < 1.29 is 14.6 Å². The van der Waals surface area contributed by atoms with Gasteiger partial charge in [-0.15, -0.1) is 22.7 Å². The first-order chi connectivity index (χ1) is 11.5. The maximum Gasteiger partial charge on any atom is 0.349 e. The minimum Gasteiger partial charge on any atom is -0.460 e. The molecule has 0 amide bonds. The molecule has 130 valence electrons. The number of carbonyl (C=O) groups excluding carboxylic acids is 1. The van der Waals surface area contributed by atoms with Gasteiger partial charge in [0.2, 0.25) is 5.60 Å². The molecule has 0 bridgehead atoms. The van der Waals surface area contributed by atoms with Crippen LogP contribution in [0.5, 0.6) is 0 Å². The number of aryl methyl sites for hydroxylation is 1. The molecule has 0 aliphatic heterocycles. The Hall–Kier alpha value is -1.21. The van der Waals surface area contributed by atoms with Crippen LogP contribution in [0.15, 0.2) is 29.6 Å². The molecule has 1 saturated carbocycles. The van der Waals surface area contributed by atoms with Gasteiger partial charge in [-0.05, 0) is 63.2 Å². The molecule has 24 heavy (non-hydrogen) atoms. The Bertz CT molecular complexity index is 674. The van der Waals surface area contributed by atoms with Gasteiger partial charge in [-0.2, -0.15) is 0 Å². The third-order valence-electron chi connectivity index (χ3n) is 4.63. The molecule has 3 rings (SSSR count). The number of hydrogen-bond acceptors (Lipinski definition) is 6. The van der Waals surface area contributed by atoms with E-state index in [9.17, 15) is 9.90 Å². The van der Waals surface area contributed by atoms with Crippen molar-refractivity contribution in [1.82, 2.24) is 5.32 Å².